The topological polar surface area (TPSA) is 62.8 Å². The summed E-state index contributed by atoms with van der Waals surface area (Å²) in [6.07, 6.45) is 1.46. The molecule has 0 aliphatic heterocycles. The second kappa shape index (κ2) is 3.62. The Balaban J connectivity index is 2.97. The van der Waals surface area contributed by atoms with Gasteiger partial charge >= 0.3 is 0 Å². The lowest BCUT2D eigenvalue weighted by molar-refractivity contribution is 0.571. The van der Waals surface area contributed by atoms with Crippen LogP contribution in [0.4, 0.5) is 4.39 Å². The van der Waals surface area contributed by atoms with Crippen molar-refractivity contribution in [2.24, 2.45) is 5.73 Å². The normalized spacial score (nSPS) is 9.83. The Labute approximate surface area is 77.4 Å². The first-order valence-electron chi connectivity index (χ1n) is 3.22. The summed E-state index contributed by atoms with van der Waals surface area (Å²) in [4.78, 5) is 3.47. The van der Waals surface area contributed by atoms with E-state index in [1.165, 1.54) is 6.20 Å². The summed E-state index contributed by atoms with van der Waals surface area (Å²) in [5.74, 6) is -0.651. The van der Waals surface area contributed by atoms with Crippen LogP contribution in [0.2, 0.25) is 0 Å². The molecule has 3 N–H and O–H groups in total. The van der Waals surface area contributed by atoms with Gasteiger partial charge in [0.05, 0.1) is 5.84 Å². The fourth-order valence-corrected chi connectivity index (χ4v) is 1.17. The van der Waals surface area contributed by atoms with E-state index < -0.39 is 5.95 Å². The van der Waals surface area contributed by atoms with Gasteiger partial charge in [0, 0.05) is 22.7 Å². The smallest absolute Gasteiger partial charge is 0.216 e. The first kappa shape index (κ1) is 9.12. The molecule has 0 bridgehead atoms. The third-order valence-electron chi connectivity index (χ3n) is 1.26. The molecule has 1 aromatic rings. The van der Waals surface area contributed by atoms with Crippen molar-refractivity contribution in [2.75, 3.05) is 0 Å². The second-order valence-electron chi connectivity index (χ2n) is 2.31. The largest absolute Gasteiger partial charge is 0.387 e. The van der Waals surface area contributed by atoms with E-state index in [-0.39, 0.29) is 12.3 Å². The molecule has 12 heavy (non-hydrogen) atoms. The summed E-state index contributed by atoms with van der Waals surface area (Å²) in [5, 5.41) is 6.97. The Hall–Kier alpha value is -0.970. The Bertz CT molecular complexity index is 314. The lowest BCUT2D eigenvalue weighted by atomic mass is 10.2. The quantitative estimate of drug-likeness (QED) is 0.460. The van der Waals surface area contributed by atoms with E-state index in [0.717, 1.165) is 0 Å². The van der Waals surface area contributed by atoms with Crippen molar-refractivity contribution in [3.05, 3.63) is 28.2 Å². The highest BCUT2D eigenvalue weighted by molar-refractivity contribution is 9.10. The third-order valence-corrected chi connectivity index (χ3v) is 1.69. The van der Waals surface area contributed by atoms with Crippen molar-refractivity contribution in [2.45, 2.75) is 6.42 Å². The van der Waals surface area contributed by atoms with E-state index in [0.29, 0.717) is 10.0 Å². The summed E-state index contributed by atoms with van der Waals surface area (Å²) in [6.45, 7) is 0. The highest BCUT2D eigenvalue weighted by Crippen LogP contribution is 2.12. The molecule has 0 radical (unpaired) electrons. The molecular weight excluding hydrogens is 225 g/mol. The van der Waals surface area contributed by atoms with Crippen molar-refractivity contribution in [3.8, 4) is 0 Å². The van der Waals surface area contributed by atoms with Crippen LogP contribution in [0.3, 0.4) is 0 Å². The average Bonchev–Trinajstić information content (AvgIpc) is 1.96. The van der Waals surface area contributed by atoms with Gasteiger partial charge in [-0.05, 0) is 22.0 Å². The molecule has 64 valence electrons. The fraction of sp³-hybridized carbons (Fsp3) is 0.143. The van der Waals surface area contributed by atoms with Crippen LogP contribution in [0.25, 0.3) is 0 Å². The predicted molar refractivity (Wildman–Crippen MR) is 47.5 cm³/mol. The van der Waals surface area contributed by atoms with Gasteiger partial charge < -0.3 is 5.73 Å². The van der Waals surface area contributed by atoms with E-state index in [1.807, 2.05) is 0 Å². The summed E-state index contributed by atoms with van der Waals surface area (Å²) in [6, 6.07) is 1.56. The SMILES string of the molecule is N=C(N)Cc1cc(Br)cnc1F. The molecule has 0 amide bonds. The van der Waals surface area contributed by atoms with Gasteiger partial charge in [-0.15, -0.1) is 0 Å². The molecule has 1 rings (SSSR count). The van der Waals surface area contributed by atoms with Gasteiger partial charge in [-0.2, -0.15) is 4.39 Å². The Morgan fingerprint density at radius 1 is 1.75 bits per heavy atom. The number of pyridine rings is 1. The monoisotopic (exact) mass is 231 g/mol. The summed E-state index contributed by atoms with van der Waals surface area (Å²) < 4.78 is 13.5. The minimum absolute atomic E-state index is 0.0752. The standard InChI is InChI=1S/C7H7BrFN3/c8-5-1-4(2-6(10)11)7(9)12-3-5/h1,3H,2H2,(H3,10,11). The minimum atomic E-state index is -0.576. The first-order chi connectivity index (χ1) is 5.59. The van der Waals surface area contributed by atoms with Crippen molar-refractivity contribution >= 4 is 21.8 Å². The van der Waals surface area contributed by atoms with Gasteiger partial charge in [0.15, 0.2) is 0 Å². The van der Waals surface area contributed by atoms with Crippen LogP contribution >= 0.6 is 15.9 Å². The van der Waals surface area contributed by atoms with Crippen molar-refractivity contribution in [3.63, 3.8) is 0 Å². The molecule has 5 heteroatoms. The average molecular weight is 232 g/mol. The van der Waals surface area contributed by atoms with E-state index in [4.69, 9.17) is 11.1 Å². The van der Waals surface area contributed by atoms with Crippen LogP contribution in [0.1, 0.15) is 5.56 Å². The van der Waals surface area contributed by atoms with Gasteiger partial charge in [-0.3, -0.25) is 5.41 Å². The lowest BCUT2D eigenvalue weighted by Gasteiger charge is -2.00. The number of aromatic nitrogens is 1. The van der Waals surface area contributed by atoms with Crippen LogP contribution in [0, 0.1) is 11.4 Å². The number of hydrogen-bond acceptors (Lipinski definition) is 2. The van der Waals surface area contributed by atoms with Gasteiger partial charge in [0.1, 0.15) is 0 Å². The maximum Gasteiger partial charge on any atom is 0.216 e. The molecule has 0 spiro atoms. The van der Waals surface area contributed by atoms with Gasteiger partial charge in [-0.1, -0.05) is 0 Å². The maximum atomic E-state index is 12.8. The number of nitrogens with two attached hydrogens (primary N) is 1. The Kier molecular flexibility index (Phi) is 2.75. The van der Waals surface area contributed by atoms with Crippen LogP contribution < -0.4 is 5.73 Å². The fourth-order valence-electron chi connectivity index (χ4n) is 0.794. The molecule has 1 heterocycles. The zero-order valence-corrected chi connectivity index (χ0v) is 7.73. The molecule has 0 saturated heterocycles. The van der Waals surface area contributed by atoms with Gasteiger partial charge in [0.25, 0.3) is 0 Å². The number of halogens is 2. The van der Waals surface area contributed by atoms with Crippen molar-refractivity contribution < 1.29 is 4.39 Å². The first-order valence-corrected chi connectivity index (χ1v) is 4.01. The van der Waals surface area contributed by atoms with E-state index in [2.05, 4.69) is 20.9 Å². The molecule has 1 aromatic heterocycles. The molecular formula is C7H7BrFN3. The van der Waals surface area contributed by atoms with Crippen LogP contribution in [0.5, 0.6) is 0 Å². The van der Waals surface area contributed by atoms with Crippen molar-refractivity contribution in [1.29, 1.82) is 5.41 Å². The molecule has 0 aliphatic rings. The number of hydrogen-bond donors (Lipinski definition) is 2. The summed E-state index contributed by atoms with van der Waals surface area (Å²) in [5.41, 5.74) is 5.45. The second-order valence-corrected chi connectivity index (χ2v) is 3.22. The highest BCUT2D eigenvalue weighted by atomic mass is 79.9. The van der Waals surface area contributed by atoms with E-state index in [9.17, 15) is 4.39 Å². The van der Waals surface area contributed by atoms with E-state index in [1.54, 1.807) is 6.07 Å². The molecule has 0 fully saturated rings. The van der Waals surface area contributed by atoms with Crippen LogP contribution in [0.15, 0.2) is 16.7 Å². The van der Waals surface area contributed by atoms with Gasteiger partial charge in [0.2, 0.25) is 5.95 Å². The number of amidine groups is 1. The van der Waals surface area contributed by atoms with Gasteiger partial charge in [-0.25, -0.2) is 4.98 Å². The Morgan fingerprint density at radius 3 is 3.00 bits per heavy atom. The molecule has 0 atom stereocenters. The summed E-state index contributed by atoms with van der Waals surface area (Å²) >= 11 is 3.15. The highest BCUT2D eigenvalue weighted by Gasteiger charge is 2.04. The molecule has 0 saturated carbocycles. The van der Waals surface area contributed by atoms with Crippen molar-refractivity contribution in [1.82, 2.24) is 4.98 Å². The third kappa shape index (κ3) is 2.27. The Morgan fingerprint density at radius 2 is 2.42 bits per heavy atom. The number of nitrogens with zero attached hydrogens (tertiary/aromatic N) is 1. The number of rotatable bonds is 2. The van der Waals surface area contributed by atoms with Crippen LogP contribution in [-0.4, -0.2) is 10.8 Å². The van der Waals surface area contributed by atoms with E-state index >= 15 is 0 Å². The number of nitrogens with one attached hydrogen (secondary N) is 1. The molecule has 0 aromatic carbocycles. The zero-order chi connectivity index (χ0) is 9.14. The maximum absolute atomic E-state index is 12.8. The van der Waals surface area contributed by atoms with Crippen LogP contribution in [-0.2, 0) is 6.42 Å². The molecule has 0 aliphatic carbocycles. The lowest BCUT2D eigenvalue weighted by Crippen LogP contribution is -2.14. The summed E-state index contributed by atoms with van der Waals surface area (Å²) in [7, 11) is 0. The zero-order valence-electron chi connectivity index (χ0n) is 6.14. The molecule has 0 unspecified atom stereocenters. The minimum Gasteiger partial charge on any atom is -0.387 e. The predicted octanol–water partition coefficient (Wildman–Crippen LogP) is 1.46. The molecule has 3 nitrogen and oxygen atoms in total.